The molecule has 0 heterocycles. The third-order valence-electron chi connectivity index (χ3n) is 9.53. The average molecular weight is 1120 g/mol. The molecule has 2 unspecified atom stereocenters. The summed E-state index contributed by atoms with van der Waals surface area (Å²) in [5, 5.41) is 8.35. The van der Waals surface area contributed by atoms with Gasteiger partial charge in [-0.1, -0.05) is 107 Å². The number of hydrogen-bond acceptors (Lipinski definition) is 16. The Labute approximate surface area is 444 Å². The Morgan fingerprint density at radius 3 is 1.24 bits per heavy atom. The summed E-state index contributed by atoms with van der Waals surface area (Å²) in [5.74, 6) is -3.62. The van der Waals surface area contributed by atoms with Gasteiger partial charge < -0.3 is 47.7 Å². The fourth-order valence-corrected chi connectivity index (χ4v) is 7.13. The van der Waals surface area contributed by atoms with Crippen molar-refractivity contribution in [3.63, 3.8) is 0 Å². The van der Waals surface area contributed by atoms with E-state index in [1.54, 1.807) is 48.5 Å². The lowest BCUT2D eigenvalue weighted by Gasteiger charge is -2.42. The molecule has 4 rings (SSSR count). The van der Waals surface area contributed by atoms with E-state index in [9.17, 15) is 28.8 Å². The largest absolute Gasteiger partial charge is 0.466 e. The molecule has 16 nitrogen and oxygen atoms in total. The number of alkyl halides is 3. The van der Waals surface area contributed by atoms with Gasteiger partial charge in [0.05, 0.1) is 77.8 Å². The van der Waals surface area contributed by atoms with E-state index < -0.39 is 53.3 Å². The van der Waals surface area contributed by atoms with Crippen molar-refractivity contribution in [2.24, 2.45) is 11.3 Å². The Kier molecular flexibility index (Phi) is 40.1. The Bertz CT molecular complexity index is 1830. The van der Waals surface area contributed by atoms with E-state index in [1.165, 1.54) is 5.56 Å². The highest BCUT2D eigenvalue weighted by atomic mass is 79.9. The van der Waals surface area contributed by atoms with E-state index in [0.717, 1.165) is 16.5 Å². The fraction of sp³-hybridized carbons (Fsp3) is 0.547. The van der Waals surface area contributed by atoms with E-state index in [4.69, 9.17) is 61.5 Å². The first-order valence-electron chi connectivity index (χ1n) is 24.0. The van der Waals surface area contributed by atoms with Crippen LogP contribution in [0.4, 0.5) is 0 Å². The van der Waals surface area contributed by atoms with E-state index in [1.807, 2.05) is 91.0 Å². The molecule has 0 radical (unpaired) electrons. The van der Waals surface area contributed by atoms with Crippen LogP contribution in [0.5, 0.6) is 0 Å². The maximum atomic E-state index is 12.1. The van der Waals surface area contributed by atoms with Crippen LogP contribution in [0.25, 0.3) is 0 Å². The van der Waals surface area contributed by atoms with Crippen molar-refractivity contribution in [1.82, 2.24) is 0 Å². The summed E-state index contributed by atoms with van der Waals surface area (Å²) >= 11 is 14.9. The predicted molar refractivity (Wildman–Crippen MR) is 277 cm³/mol. The molecule has 1 N–H and O–H groups in total. The van der Waals surface area contributed by atoms with Gasteiger partial charge in [0.2, 0.25) is 0 Å². The molecule has 1 fully saturated rings. The lowest BCUT2D eigenvalue weighted by Crippen LogP contribution is -2.54. The fourth-order valence-electron chi connectivity index (χ4n) is 6.04. The quantitative estimate of drug-likeness (QED) is 0.0344. The molecular formula is C53H75BrCl2O16. The van der Waals surface area contributed by atoms with Gasteiger partial charge in [-0.3, -0.25) is 28.8 Å². The number of rotatable bonds is 26. The SMILES string of the molecule is CCO.CCOC(=O)C(CC(CCl)OCc1ccccc1)C(=O)OCC.CCOC(=O)C1(C(=O)OCC)CC(OCc2ccccc2)C1.CCOC(=O)CC(=O)OCC.ClCC(CBr)OCc1ccccc1. The molecule has 0 saturated heterocycles. The van der Waals surface area contributed by atoms with Crippen LogP contribution in [0.3, 0.4) is 0 Å². The molecule has 3 aromatic rings. The van der Waals surface area contributed by atoms with Crippen molar-refractivity contribution >= 4 is 74.9 Å². The van der Waals surface area contributed by atoms with E-state index in [-0.39, 0.29) is 77.2 Å². The topological polar surface area (TPSA) is 206 Å². The smallest absolute Gasteiger partial charge is 0.323 e. The molecule has 2 atom stereocenters. The summed E-state index contributed by atoms with van der Waals surface area (Å²) in [6, 6.07) is 29.5. The van der Waals surface area contributed by atoms with Crippen molar-refractivity contribution in [2.45, 2.75) is 112 Å². The number of aliphatic hydroxyl groups is 1. The van der Waals surface area contributed by atoms with E-state index in [2.05, 4.69) is 25.4 Å². The minimum absolute atomic E-state index is 0.0990. The minimum Gasteiger partial charge on any atom is -0.466 e. The van der Waals surface area contributed by atoms with Crippen LogP contribution in [0, 0.1) is 11.3 Å². The number of carbonyl (C=O) groups excluding carboxylic acids is 6. The molecular weight excluding hydrogens is 1040 g/mol. The van der Waals surface area contributed by atoms with Crippen molar-refractivity contribution in [3.8, 4) is 0 Å². The summed E-state index contributed by atoms with van der Waals surface area (Å²) in [4.78, 5) is 69.3. The summed E-state index contributed by atoms with van der Waals surface area (Å²) < 4.78 is 46.0. The molecule has 0 amide bonds. The zero-order chi connectivity index (χ0) is 54.0. The van der Waals surface area contributed by atoms with Crippen LogP contribution in [0.15, 0.2) is 91.0 Å². The van der Waals surface area contributed by atoms with Crippen molar-refractivity contribution in [2.75, 3.05) is 63.3 Å². The third kappa shape index (κ3) is 29.2. The van der Waals surface area contributed by atoms with Gasteiger partial charge in [-0.2, -0.15) is 0 Å². The molecule has 0 spiro atoms. The summed E-state index contributed by atoms with van der Waals surface area (Å²) in [5.41, 5.74) is 2.05. The van der Waals surface area contributed by atoms with Gasteiger partial charge in [0, 0.05) is 36.5 Å². The number of ether oxygens (including phenoxy) is 9. The molecule has 19 heteroatoms. The molecule has 404 valence electrons. The molecule has 1 aliphatic rings. The third-order valence-corrected chi connectivity index (χ3v) is 10.9. The maximum absolute atomic E-state index is 12.1. The van der Waals surface area contributed by atoms with Gasteiger partial charge >= 0.3 is 35.8 Å². The highest BCUT2D eigenvalue weighted by Gasteiger charge is 2.59. The standard InChI is InChI=1S/C17H23ClO5.C17H22O5.C10H12BrClO.C7H12O4.C2H6O/c1-3-21-16(19)15(17(20)22-4-2)10-14(11-18)23-12-13-8-6-5-7-9-13;1-3-20-15(18)17(16(19)21-4-2)10-14(11-17)22-12-13-8-6-5-7-9-13;11-6-10(7-12)13-8-9-4-2-1-3-5-9;1-3-10-6(8)5-7(9)11-4-2;1-2-3/h5-9,14-15H,3-4,10-12H2,1-2H3;5-9,14H,3-4,10-12H2,1-2H3;1-5,10H,6-8H2;3-5H2,1-2H3;3H,2H2,1H3. The van der Waals surface area contributed by atoms with Crippen molar-refractivity contribution in [1.29, 1.82) is 0 Å². The van der Waals surface area contributed by atoms with Gasteiger partial charge in [0.15, 0.2) is 11.3 Å². The second-order valence-corrected chi connectivity index (χ2v) is 16.3. The van der Waals surface area contributed by atoms with Crippen LogP contribution in [0.2, 0.25) is 0 Å². The summed E-state index contributed by atoms with van der Waals surface area (Å²) in [7, 11) is 0. The second kappa shape index (κ2) is 42.8. The van der Waals surface area contributed by atoms with Crippen LogP contribution >= 0.6 is 39.1 Å². The average Bonchev–Trinajstić information content (AvgIpc) is 3.36. The number of benzene rings is 3. The number of hydrogen-bond donors (Lipinski definition) is 1. The number of aliphatic hydroxyl groups excluding tert-OH is 1. The highest BCUT2D eigenvalue weighted by molar-refractivity contribution is 9.09. The molecule has 3 aromatic carbocycles. The summed E-state index contributed by atoms with van der Waals surface area (Å²) in [6.45, 7) is 15.0. The first-order chi connectivity index (χ1) is 34.7. The van der Waals surface area contributed by atoms with Crippen LogP contribution in [-0.4, -0.2) is 123 Å². The van der Waals surface area contributed by atoms with E-state index >= 15 is 0 Å². The lowest BCUT2D eigenvalue weighted by atomic mass is 9.66. The van der Waals surface area contributed by atoms with Gasteiger partial charge in [-0.25, -0.2) is 0 Å². The number of esters is 6. The minimum atomic E-state index is -1.19. The van der Waals surface area contributed by atoms with Crippen LogP contribution in [0.1, 0.15) is 90.8 Å². The molecule has 0 bridgehead atoms. The highest BCUT2D eigenvalue weighted by Crippen LogP contribution is 2.45. The monoisotopic (exact) mass is 1120 g/mol. The molecule has 1 aliphatic carbocycles. The molecule has 0 aliphatic heterocycles. The maximum Gasteiger partial charge on any atom is 0.323 e. The Balaban J connectivity index is 0.000000953. The normalized spacial score (nSPS) is 12.8. The molecule has 72 heavy (non-hydrogen) atoms. The van der Waals surface area contributed by atoms with Crippen LogP contribution in [-0.2, 0) is 91.2 Å². The van der Waals surface area contributed by atoms with Crippen molar-refractivity contribution < 1.29 is 76.5 Å². The number of halogens is 3. The second-order valence-electron chi connectivity index (χ2n) is 15.0. The zero-order valence-corrected chi connectivity index (χ0v) is 45.8. The van der Waals surface area contributed by atoms with Gasteiger partial charge in [-0.05, 0) is 71.6 Å². The summed E-state index contributed by atoms with van der Waals surface area (Å²) in [6.07, 6.45) is -0.00316. The number of carbonyl (C=O) groups is 6. The predicted octanol–water partition coefficient (Wildman–Crippen LogP) is 9.13. The van der Waals surface area contributed by atoms with Crippen molar-refractivity contribution in [3.05, 3.63) is 108 Å². The van der Waals surface area contributed by atoms with Gasteiger partial charge in [-0.15, -0.1) is 23.2 Å². The van der Waals surface area contributed by atoms with Gasteiger partial charge in [0.1, 0.15) is 6.42 Å². The Hall–Kier alpha value is -4.62. The van der Waals surface area contributed by atoms with Crippen LogP contribution < -0.4 is 0 Å². The molecule has 1 saturated carbocycles. The Morgan fingerprint density at radius 2 is 0.903 bits per heavy atom. The first-order valence-corrected chi connectivity index (χ1v) is 26.2. The first kappa shape index (κ1) is 67.4. The van der Waals surface area contributed by atoms with Gasteiger partial charge in [0.25, 0.3) is 0 Å². The zero-order valence-electron chi connectivity index (χ0n) is 42.7. The Morgan fingerprint density at radius 1 is 0.556 bits per heavy atom. The van der Waals surface area contributed by atoms with E-state index in [0.29, 0.717) is 38.5 Å². The lowest BCUT2D eigenvalue weighted by molar-refractivity contribution is -0.192. The molecule has 0 aromatic heterocycles.